The molecule has 0 spiro atoms. The quantitative estimate of drug-likeness (QED) is 0.811. The second kappa shape index (κ2) is 6.38. The normalized spacial score (nSPS) is 13.6. The van der Waals surface area contributed by atoms with E-state index in [9.17, 15) is 8.42 Å². The molecule has 0 aromatic heterocycles. The summed E-state index contributed by atoms with van der Waals surface area (Å²) in [6, 6.07) is 7.54. The Hall–Kier alpha value is -0.580. The highest BCUT2D eigenvalue weighted by Gasteiger charge is 2.16. The van der Waals surface area contributed by atoms with Gasteiger partial charge < -0.3 is 0 Å². The highest BCUT2D eigenvalue weighted by atomic mass is 35.5. The van der Waals surface area contributed by atoms with Crippen molar-refractivity contribution in [1.82, 2.24) is 4.72 Å². The third-order valence-electron chi connectivity index (χ3n) is 2.56. The first-order valence-electron chi connectivity index (χ1n) is 5.58. The van der Waals surface area contributed by atoms with Crippen molar-refractivity contribution in [3.05, 3.63) is 35.4 Å². The van der Waals surface area contributed by atoms with E-state index in [1.54, 1.807) is 0 Å². The molecule has 1 aromatic carbocycles. The van der Waals surface area contributed by atoms with Gasteiger partial charge in [-0.2, -0.15) is 0 Å². The molecule has 0 aliphatic carbocycles. The first-order valence-corrected chi connectivity index (χ1v) is 7.76. The van der Waals surface area contributed by atoms with Crippen LogP contribution in [0.1, 0.15) is 30.5 Å². The van der Waals surface area contributed by atoms with Gasteiger partial charge in [0.2, 0.25) is 10.0 Å². The Kier molecular flexibility index (Phi) is 5.43. The predicted octanol–water partition coefficient (Wildman–Crippen LogP) is 2.60. The predicted molar refractivity (Wildman–Crippen MR) is 71.9 cm³/mol. The van der Waals surface area contributed by atoms with E-state index >= 15 is 0 Å². The molecule has 0 bridgehead atoms. The molecule has 0 aliphatic heterocycles. The third kappa shape index (κ3) is 4.66. The van der Waals surface area contributed by atoms with Crippen molar-refractivity contribution < 1.29 is 8.42 Å². The van der Waals surface area contributed by atoms with E-state index in [1.807, 2.05) is 38.1 Å². The van der Waals surface area contributed by atoms with Gasteiger partial charge in [-0.3, -0.25) is 0 Å². The molecule has 0 saturated carbocycles. The lowest BCUT2D eigenvalue weighted by Gasteiger charge is -2.16. The molecule has 0 amide bonds. The minimum atomic E-state index is -3.24. The maximum absolute atomic E-state index is 11.7. The van der Waals surface area contributed by atoms with Crippen LogP contribution in [0.4, 0.5) is 0 Å². The number of aryl methyl sites for hydroxylation is 1. The Bertz CT molecular complexity index is 459. The van der Waals surface area contributed by atoms with Crippen LogP contribution in [0.5, 0.6) is 0 Å². The van der Waals surface area contributed by atoms with Crippen LogP contribution in [0.15, 0.2) is 24.3 Å². The van der Waals surface area contributed by atoms with Gasteiger partial charge in [0.15, 0.2) is 0 Å². The molecule has 17 heavy (non-hydrogen) atoms. The second-order valence-electron chi connectivity index (χ2n) is 4.06. The van der Waals surface area contributed by atoms with Gasteiger partial charge in [0.05, 0.1) is 5.75 Å². The Morgan fingerprint density at radius 2 is 2.00 bits per heavy atom. The van der Waals surface area contributed by atoms with Crippen LogP contribution in [0.25, 0.3) is 0 Å². The van der Waals surface area contributed by atoms with Gasteiger partial charge in [-0.15, -0.1) is 11.6 Å². The van der Waals surface area contributed by atoms with E-state index in [2.05, 4.69) is 4.72 Å². The van der Waals surface area contributed by atoms with E-state index < -0.39 is 10.0 Å². The lowest BCUT2D eigenvalue weighted by molar-refractivity contribution is 0.565. The molecule has 3 nitrogen and oxygen atoms in total. The molecule has 1 atom stereocenters. The second-order valence-corrected chi connectivity index (χ2v) is 6.31. The third-order valence-corrected chi connectivity index (χ3v) is 4.36. The van der Waals surface area contributed by atoms with Crippen molar-refractivity contribution in [2.75, 3.05) is 11.6 Å². The summed E-state index contributed by atoms with van der Waals surface area (Å²) in [7, 11) is -3.24. The zero-order valence-corrected chi connectivity index (χ0v) is 11.7. The highest BCUT2D eigenvalue weighted by Crippen LogP contribution is 2.17. The molecular formula is C12H18ClNO2S. The molecule has 0 heterocycles. The fourth-order valence-electron chi connectivity index (χ4n) is 1.71. The molecule has 5 heteroatoms. The number of hydrogen-bond acceptors (Lipinski definition) is 2. The van der Waals surface area contributed by atoms with Crippen molar-refractivity contribution in [3.8, 4) is 0 Å². The summed E-state index contributed by atoms with van der Waals surface area (Å²) < 4.78 is 26.1. The summed E-state index contributed by atoms with van der Waals surface area (Å²) in [6.07, 6.45) is 0.470. The standard InChI is InChI=1S/C12H18ClNO2S/c1-10-6-3-4-7-12(10)11(2)14-17(15,16)9-5-8-13/h3-4,6-7,11,14H,5,8-9H2,1-2H3. The number of hydrogen-bond donors (Lipinski definition) is 1. The molecular weight excluding hydrogens is 258 g/mol. The number of nitrogens with one attached hydrogen (secondary N) is 1. The molecule has 1 rings (SSSR count). The number of rotatable bonds is 6. The van der Waals surface area contributed by atoms with Crippen molar-refractivity contribution in [2.45, 2.75) is 26.3 Å². The lowest BCUT2D eigenvalue weighted by Crippen LogP contribution is -2.29. The summed E-state index contributed by atoms with van der Waals surface area (Å²) in [6.45, 7) is 3.82. The van der Waals surface area contributed by atoms with Gasteiger partial charge >= 0.3 is 0 Å². The maximum atomic E-state index is 11.7. The SMILES string of the molecule is Cc1ccccc1C(C)NS(=O)(=O)CCCCl. The van der Waals surface area contributed by atoms with Crippen molar-refractivity contribution in [1.29, 1.82) is 0 Å². The molecule has 96 valence electrons. The minimum absolute atomic E-state index is 0.0761. The molecule has 0 aliphatic rings. The van der Waals surface area contributed by atoms with Crippen LogP contribution in [-0.2, 0) is 10.0 Å². The lowest BCUT2D eigenvalue weighted by atomic mass is 10.0. The maximum Gasteiger partial charge on any atom is 0.212 e. The van der Waals surface area contributed by atoms with Crippen LogP contribution < -0.4 is 4.72 Å². The van der Waals surface area contributed by atoms with Gasteiger partial charge in [0.1, 0.15) is 0 Å². The van der Waals surface area contributed by atoms with E-state index in [1.165, 1.54) is 0 Å². The highest BCUT2D eigenvalue weighted by molar-refractivity contribution is 7.89. The Morgan fingerprint density at radius 1 is 1.35 bits per heavy atom. The van der Waals surface area contributed by atoms with Gasteiger partial charge in [0.25, 0.3) is 0 Å². The van der Waals surface area contributed by atoms with Gasteiger partial charge in [-0.1, -0.05) is 24.3 Å². The van der Waals surface area contributed by atoms with E-state index in [0.29, 0.717) is 12.3 Å². The average molecular weight is 276 g/mol. The number of sulfonamides is 1. The number of benzene rings is 1. The zero-order valence-electron chi connectivity index (χ0n) is 10.1. The Morgan fingerprint density at radius 3 is 2.59 bits per heavy atom. The fourth-order valence-corrected chi connectivity index (χ4v) is 3.31. The van der Waals surface area contributed by atoms with Crippen LogP contribution in [-0.4, -0.2) is 20.1 Å². The average Bonchev–Trinajstić information content (AvgIpc) is 2.26. The molecule has 0 radical (unpaired) electrons. The first kappa shape index (κ1) is 14.5. The topological polar surface area (TPSA) is 46.2 Å². The molecule has 0 saturated heterocycles. The number of alkyl halides is 1. The monoisotopic (exact) mass is 275 g/mol. The Balaban J connectivity index is 2.73. The van der Waals surface area contributed by atoms with Gasteiger partial charge in [0, 0.05) is 11.9 Å². The summed E-state index contributed by atoms with van der Waals surface area (Å²) in [5.41, 5.74) is 2.09. The zero-order chi connectivity index (χ0) is 12.9. The summed E-state index contributed by atoms with van der Waals surface area (Å²) in [5.74, 6) is 0.437. The summed E-state index contributed by atoms with van der Waals surface area (Å²) >= 11 is 5.49. The van der Waals surface area contributed by atoms with Crippen LogP contribution in [0.3, 0.4) is 0 Å². The molecule has 0 fully saturated rings. The van der Waals surface area contributed by atoms with Crippen molar-refractivity contribution in [3.63, 3.8) is 0 Å². The van der Waals surface area contributed by atoms with E-state index in [-0.39, 0.29) is 11.8 Å². The fraction of sp³-hybridized carbons (Fsp3) is 0.500. The minimum Gasteiger partial charge on any atom is -0.212 e. The smallest absolute Gasteiger partial charge is 0.212 e. The van der Waals surface area contributed by atoms with E-state index in [4.69, 9.17) is 11.6 Å². The van der Waals surface area contributed by atoms with Crippen LogP contribution in [0.2, 0.25) is 0 Å². The van der Waals surface area contributed by atoms with Gasteiger partial charge in [-0.25, -0.2) is 13.1 Å². The molecule has 1 aromatic rings. The summed E-state index contributed by atoms with van der Waals surface area (Å²) in [5, 5.41) is 0. The largest absolute Gasteiger partial charge is 0.212 e. The Labute approximate surface area is 108 Å². The van der Waals surface area contributed by atoms with Gasteiger partial charge in [-0.05, 0) is 31.4 Å². The molecule has 1 unspecified atom stereocenters. The molecule has 1 N–H and O–H groups in total. The van der Waals surface area contributed by atoms with Crippen molar-refractivity contribution in [2.24, 2.45) is 0 Å². The van der Waals surface area contributed by atoms with Crippen LogP contribution in [0, 0.1) is 6.92 Å². The van der Waals surface area contributed by atoms with Crippen molar-refractivity contribution >= 4 is 21.6 Å². The number of halogens is 1. The first-order chi connectivity index (χ1) is 7.96. The van der Waals surface area contributed by atoms with Crippen LogP contribution >= 0.6 is 11.6 Å². The summed E-state index contributed by atoms with van der Waals surface area (Å²) in [4.78, 5) is 0. The van der Waals surface area contributed by atoms with E-state index in [0.717, 1.165) is 11.1 Å².